The second kappa shape index (κ2) is 10.0. The number of nitrogens with zero attached hydrogens (tertiary/aromatic N) is 2. The number of benzene rings is 2. The molecule has 0 aliphatic carbocycles. The highest BCUT2D eigenvalue weighted by Crippen LogP contribution is 2.23. The smallest absolute Gasteiger partial charge is 0.343 e. The molecule has 36 heavy (non-hydrogen) atoms. The molecular formula is C24H15ClF5N3O3. The first kappa shape index (κ1) is 25.3. The van der Waals surface area contributed by atoms with E-state index >= 15 is 0 Å². The Morgan fingerprint density at radius 2 is 1.81 bits per heavy atom. The maximum Gasteiger partial charge on any atom is 0.522 e. The summed E-state index contributed by atoms with van der Waals surface area (Å²) in [4.78, 5) is 30.3. The van der Waals surface area contributed by atoms with Crippen molar-refractivity contribution in [2.45, 2.75) is 12.4 Å². The first-order valence-corrected chi connectivity index (χ1v) is 10.6. The van der Waals surface area contributed by atoms with Crippen LogP contribution in [0.1, 0.15) is 22.0 Å². The standard InChI is InChI=1S/C24H15ClF5N3O3/c25-20-9-7-15-21(34)16(11-33(22(15)32-20)19-8-6-14(26)10-17(19)27)23(35)31-18(12-36-24(28,29)30)13-4-2-1-3-5-13/h1-11,18H,12H2,(H,31,35). The Labute approximate surface area is 204 Å². The number of carbonyl (C=O) groups excluding carboxylic acids is 1. The van der Waals surface area contributed by atoms with Gasteiger partial charge >= 0.3 is 6.36 Å². The van der Waals surface area contributed by atoms with Crippen LogP contribution in [-0.2, 0) is 4.74 Å². The van der Waals surface area contributed by atoms with Gasteiger partial charge in [-0.05, 0) is 29.8 Å². The van der Waals surface area contributed by atoms with Crippen molar-refractivity contribution in [3.05, 3.63) is 105 Å². The number of nitrogens with one attached hydrogen (secondary N) is 1. The zero-order valence-electron chi connectivity index (χ0n) is 18.0. The van der Waals surface area contributed by atoms with Gasteiger partial charge in [0.1, 0.15) is 28.0 Å². The van der Waals surface area contributed by atoms with Gasteiger partial charge in [0.15, 0.2) is 0 Å². The quantitative estimate of drug-likeness (QED) is 0.274. The molecule has 1 N–H and O–H groups in total. The summed E-state index contributed by atoms with van der Waals surface area (Å²) < 4.78 is 71.2. The van der Waals surface area contributed by atoms with E-state index in [-0.39, 0.29) is 27.4 Å². The zero-order valence-corrected chi connectivity index (χ0v) is 18.8. The van der Waals surface area contributed by atoms with Gasteiger partial charge in [0.2, 0.25) is 5.43 Å². The summed E-state index contributed by atoms with van der Waals surface area (Å²) in [5, 5.41) is 2.20. The van der Waals surface area contributed by atoms with Crippen molar-refractivity contribution in [1.82, 2.24) is 14.9 Å². The third kappa shape index (κ3) is 5.52. The van der Waals surface area contributed by atoms with Gasteiger partial charge in [0, 0.05) is 12.3 Å². The molecule has 186 valence electrons. The lowest BCUT2D eigenvalue weighted by atomic mass is 10.1. The number of aromatic nitrogens is 2. The molecule has 0 saturated carbocycles. The summed E-state index contributed by atoms with van der Waals surface area (Å²) in [5.41, 5.74) is -1.42. The van der Waals surface area contributed by atoms with Crippen LogP contribution in [-0.4, -0.2) is 28.4 Å². The SMILES string of the molecule is O=C(NC(COC(F)(F)F)c1ccccc1)c1cn(-c2ccc(F)cc2F)c2nc(Cl)ccc2c1=O. The number of amides is 1. The minimum atomic E-state index is -4.96. The van der Waals surface area contributed by atoms with Gasteiger partial charge in [-0.2, -0.15) is 0 Å². The minimum absolute atomic E-state index is 0.0381. The molecule has 0 radical (unpaired) electrons. The Morgan fingerprint density at radius 3 is 2.47 bits per heavy atom. The number of pyridine rings is 2. The predicted octanol–water partition coefficient (Wildman–Crippen LogP) is 5.32. The van der Waals surface area contributed by atoms with Crippen LogP contribution >= 0.6 is 11.6 Å². The van der Waals surface area contributed by atoms with E-state index in [4.69, 9.17) is 11.6 Å². The average Bonchev–Trinajstić information content (AvgIpc) is 2.82. The minimum Gasteiger partial charge on any atom is -0.343 e. The van der Waals surface area contributed by atoms with Crippen LogP contribution in [0.2, 0.25) is 5.15 Å². The maximum absolute atomic E-state index is 14.6. The first-order chi connectivity index (χ1) is 17.0. The molecule has 0 saturated heterocycles. The van der Waals surface area contributed by atoms with E-state index in [1.807, 2.05) is 0 Å². The Hall–Kier alpha value is -3.83. The van der Waals surface area contributed by atoms with Gasteiger partial charge in [-0.25, -0.2) is 13.8 Å². The van der Waals surface area contributed by atoms with Crippen LogP contribution in [0.25, 0.3) is 16.7 Å². The first-order valence-electron chi connectivity index (χ1n) is 10.3. The fourth-order valence-electron chi connectivity index (χ4n) is 3.52. The van der Waals surface area contributed by atoms with Gasteiger partial charge in [-0.3, -0.25) is 18.9 Å². The monoisotopic (exact) mass is 523 g/mol. The van der Waals surface area contributed by atoms with Gasteiger partial charge in [-0.1, -0.05) is 41.9 Å². The van der Waals surface area contributed by atoms with Crippen molar-refractivity contribution >= 4 is 28.5 Å². The largest absolute Gasteiger partial charge is 0.522 e. The number of hydrogen-bond acceptors (Lipinski definition) is 4. The molecule has 0 aliphatic heterocycles. The van der Waals surface area contributed by atoms with E-state index in [2.05, 4.69) is 15.0 Å². The molecule has 4 aromatic rings. The van der Waals surface area contributed by atoms with Gasteiger partial charge in [0.05, 0.1) is 23.7 Å². The lowest BCUT2D eigenvalue weighted by Crippen LogP contribution is -2.36. The van der Waals surface area contributed by atoms with Gasteiger partial charge in [0.25, 0.3) is 5.91 Å². The molecule has 1 amide bonds. The molecule has 0 fully saturated rings. The van der Waals surface area contributed by atoms with Crippen molar-refractivity contribution in [1.29, 1.82) is 0 Å². The summed E-state index contributed by atoms with van der Waals surface area (Å²) in [6.45, 7) is -0.967. The van der Waals surface area contributed by atoms with Gasteiger partial charge < -0.3 is 5.32 Å². The molecule has 6 nitrogen and oxygen atoms in total. The molecule has 1 unspecified atom stereocenters. The van der Waals surface area contributed by atoms with E-state index in [0.29, 0.717) is 6.07 Å². The van der Waals surface area contributed by atoms with Crippen molar-refractivity contribution in [2.24, 2.45) is 0 Å². The van der Waals surface area contributed by atoms with Crippen LogP contribution in [0.15, 0.2) is 71.7 Å². The summed E-state index contributed by atoms with van der Waals surface area (Å²) in [5.74, 6) is -2.93. The lowest BCUT2D eigenvalue weighted by molar-refractivity contribution is -0.326. The predicted molar refractivity (Wildman–Crippen MR) is 121 cm³/mol. The number of fused-ring (bicyclic) bond motifs is 1. The lowest BCUT2D eigenvalue weighted by Gasteiger charge is -2.21. The Balaban J connectivity index is 1.81. The average molecular weight is 524 g/mol. The van der Waals surface area contributed by atoms with Crippen molar-refractivity contribution < 1.29 is 31.5 Å². The summed E-state index contributed by atoms with van der Waals surface area (Å²) in [6.07, 6.45) is -4.00. The Morgan fingerprint density at radius 1 is 1.08 bits per heavy atom. The maximum atomic E-state index is 14.6. The molecule has 2 aromatic carbocycles. The molecule has 1 atom stereocenters. The molecule has 4 rings (SSSR count). The van der Waals surface area contributed by atoms with Crippen molar-refractivity contribution in [2.75, 3.05) is 6.61 Å². The number of hydrogen-bond donors (Lipinski definition) is 1. The summed E-state index contributed by atoms with van der Waals surface area (Å²) >= 11 is 5.94. The molecule has 0 spiro atoms. The number of carbonyl (C=O) groups is 1. The molecule has 2 aromatic heterocycles. The van der Waals surface area contributed by atoms with Gasteiger partial charge in [-0.15, -0.1) is 13.2 Å². The molecule has 0 bridgehead atoms. The molecule has 0 aliphatic rings. The zero-order chi connectivity index (χ0) is 26.0. The van der Waals surface area contributed by atoms with Crippen LogP contribution in [0.5, 0.6) is 0 Å². The van der Waals surface area contributed by atoms with E-state index in [1.54, 1.807) is 18.2 Å². The van der Waals surface area contributed by atoms with Crippen molar-refractivity contribution in [3.8, 4) is 5.69 Å². The fourth-order valence-corrected chi connectivity index (χ4v) is 3.67. The molecule has 2 heterocycles. The van der Waals surface area contributed by atoms with Crippen LogP contribution in [0.4, 0.5) is 22.0 Å². The highest BCUT2D eigenvalue weighted by atomic mass is 35.5. The highest BCUT2D eigenvalue weighted by molar-refractivity contribution is 6.29. The topological polar surface area (TPSA) is 73.2 Å². The third-order valence-electron chi connectivity index (χ3n) is 5.15. The summed E-state index contributed by atoms with van der Waals surface area (Å²) in [6, 6.07) is 11.6. The van der Waals surface area contributed by atoms with Crippen LogP contribution in [0, 0.1) is 11.6 Å². The second-order valence-electron chi connectivity index (χ2n) is 7.54. The van der Waals surface area contributed by atoms with Crippen LogP contribution < -0.4 is 10.7 Å². The normalized spacial score (nSPS) is 12.5. The van der Waals surface area contributed by atoms with E-state index in [9.17, 15) is 31.5 Å². The number of ether oxygens (including phenoxy) is 1. The highest BCUT2D eigenvalue weighted by Gasteiger charge is 2.31. The van der Waals surface area contributed by atoms with Crippen molar-refractivity contribution in [3.63, 3.8) is 0 Å². The van der Waals surface area contributed by atoms with E-state index < -0.39 is 47.5 Å². The fraction of sp³-hybridized carbons (Fsp3) is 0.125. The van der Waals surface area contributed by atoms with E-state index in [0.717, 1.165) is 22.9 Å². The Kier molecular flexibility index (Phi) is 7.04. The van der Waals surface area contributed by atoms with E-state index in [1.165, 1.54) is 24.3 Å². The number of rotatable bonds is 6. The Bertz CT molecular complexity index is 1490. The number of halogens is 6. The van der Waals surface area contributed by atoms with Crippen LogP contribution in [0.3, 0.4) is 0 Å². The summed E-state index contributed by atoms with van der Waals surface area (Å²) in [7, 11) is 0. The number of alkyl halides is 3. The second-order valence-corrected chi connectivity index (χ2v) is 7.92. The molecular weight excluding hydrogens is 509 g/mol. The molecule has 12 heteroatoms. The third-order valence-corrected chi connectivity index (χ3v) is 5.36.